The Morgan fingerprint density at radius 2 is 1.65 bits per heavy atom. The number of benzene rings is 3. The topological polar surface area (TPSA) is 78.2 Å². The van der Waals surface area contributed by atoms with Crippen molar-refractivity contribution in [3.8, 4) is 5.75 Å². The Labute approximate surface area is 215 Å². The predicted molar refractivity (Wildman–Crippen MR) is 148 cm³/mol. The van der Waals surface area contributed by atoms with Crippen LogP contribution in [0.5, 0.6) is 5.75 Å². The van der Waals surface area contributed by atoms with E-state index in [1.807, 2.05) is 82.3 Å². The third kappa shape index (κ3) is 4.60. The molecule has 37 heavy (non-hydrogen) atoms. The molecule has 0 aliphatic rings. The minimum absolute atomic E-state index is 0.000708. The van der Waals surface area contributed by atoms with Crippen LogP contribution in [0.2, 0.25) is 0 Å². The van der Waals surface area contributed by atoms with E-state index in [4.69, 9.17) is 4.74 Å². The fourth-order valence-electron chi connectivity index (χ4n) is 5.02. The van der Waals surface area contributed by atoms with Gasteiger partial charge in [-0.3, -0.25) is 14.2 Å². The summed E-state index contributed by atoms with van der Waals surface area (Å²) in [5.74, 6) is 0.560. The first-order valence-corrected chi connectivity index (χ1v) is 12.2. The Kier molecular flexibility index (Phi) is 6.29. The molecule has 7 heteroatoms. The Morgan fingerprint density at radius 3 is 2.32 bits per heavy atom. The molecule has 0 aliphatic heterocycles. The molecule has 0 saturated heterocycles. The highest BCUT2D eigenvalue weighted by Crippen LogP contribution is 2.27. The summed E-state index contributed by atoms with van der Waals surface area (Å²) < 4.78 is 8.61. The molecule has 5 aromatic rings. The van der Waals surface area contributed by atoms with Crippen LogP contribution in [0.1, 0.15) is 27.8 Å². The molecule has 0 bridgehead atoms. The molecule has 0 saturated carbocycles. The van der Waals surface area contributed by atoms with Crippen LogP contribution in [0.4, 0.5) is 5.69 Å². The number of carbonyl (C=O) groups is 1. The van der Waals surface area contributed by atoms with Crippen molar-refractivity contribution in [2.45, 2.75) is 40.8 Å². The highest BCUT2D eigenvalue weighted by atomic mass is 16.5. The SMILES string of the molecule is COc1ccc(Cn2cnc3c4cc(C)ccc4n(CC(=O)Nc4c(C)cc(C)cc4C)c3c2=O)cc1. The number of methoxy groups -OCH3 is 1. The summed E-state index contributed by atoms with van der Waals surface area (Å²) in [5, 5.41) is 3.93. The standard InChI is InChI=1S/C30H30N4O3/c1-18-6-11-25-24(14-18)28-29(30(36)33(17-31-28)15-22-7-9-23(37-5)10-8-22)34(25)16-26(35)32-27-20(3)12-19(2)13-21(27)4/h6-14,17H,15-16H2,1-5H3,(H,32,35). The van der Waals surface area contributed by atoms with Crippen molar-refractivity contribution in [1.82, 2.24) is 14.1 Å². The van der Waals surface area contributed by atoms with E-state index in [9.17, 15) is 9.59 Å². The van der Waals surface area contributed by atoms with Crippen molar-refractivity contribution in [2.75, 3.05) is 12.4 Å². The molecule has 1 N–H and O–H groups in total. The van der Waals surface area contributed by atoms with Crippen LogP contribution >= 0.6 is 0 Å². The predicted octanol–water partition coefficient (Wildman–Crippen LogP) is 5.28. The second-order valence-corrected chi connectivity index (χ2v) is 9.65. The minimum atomic E-state index is -0.195. The Balaban J connectivity index is 1.58. The van der Waals surface area contributed by atoms with Crippen molar-refractivity contribution >= 4 is 33.5 Å². The maximum atomic E-state index is 13.8. The molecule has 0 unspecified atom stereocenters. The Bertz CT molecular complexity index is 1690. The van der Waals surface area contributed by atoms with E-state index in [0.717, 1.165) is 50.2 Å². The second kappa shape index (κ2) is 9.58. The fraction of sp³-hybridized carbons (Fsp3) is 0.233. The van der Waals surface area contributed by atoms with Gasteiger partial charge >= 0.3 is 0 Å². The molecule has 188 valence electrons. The summed E-state index contributed by atoms with van der Waals surface area (Å²) >= 11 is 0. The molecular formula is C30H30N4O3. The van der Waals surface area contributed by atoms with Gasteiger partial charge in [0.15, 0.2) is 0 Å². The largest absolute Gasteiger partial charge is 0.497 e. The van der Waals surface area contributed by atoms with E-state index in [-0.39, 0.29) is 18.0 Å². The lowest BCUT2D eigenvalue weighted by Gasteiger charge is -2.14. The normalized spacial score (nSPS) is 11.3. The number of anilines is 1. The van der Waals surface area contributed by atoms with Crippen molar-refractivity contribution in [2.24, 2.45) is 0 Å². The van der Waals surface area contributed by atoms with Crippen LogP contribution in [0, 0.1) is 27.7 Å². The first-order valence-electron chi connectivity index (χ1n) is 12.2. The first-order chi connectivity index (χ1) is 17.7. The van der Waals surface area contributed by atoms with E-state index >= 15 is 0 Å². The van der Waals surface area contributed by atoms with Gasteiger partial charge in [-0.05, 0) is 68.7 Å². The number of aryl methyl sites for hydroxylation is 4. The molecule has 0 radical (unpaired) electrons. The Hall–Kier alpha value is -4.39. The van der Waals surface area contributed by atoms with Gasteiger partial charge < -0.3 is 14.6 Å². The summed E-state index contributed by atoms with van der Waals surface area (Å²) in [6.07, 6.45) is 1.58. The number of amides is 1. The third-order valence-electron chi connectivity index (χ3n) is 6.74. The quantitative estimate of drug-likeness (QED) is 0.348. The second-order valence-electron chi connectivity index (χ2n) is 9.65. The molecule has 0 atom stereocenters. The molecular weight excluding hydrogens is 464 g/mol. The van der Waals surface area contributed by atoms with E-state index in [1.165, 1.54) is 0 Å². The zero-order chi connectivity index (χ0) is 26.3. The molecule has 1 amide bonds. The molecule has 0 spiro atoms. The van der Waals surface area contributed by atoms with Crippen molar-refractivity contribution in [3.63, 3.8) is 0 Å². The van der Waals surface area contributed by atoms with Crippen LogP contribution in [0.3, 0.4) is 0 Å². The monoisotopic (exact) mass is 494 g/mol. The van der Waals surface area contributed by atoms with E-state index in [2.05, 4.69) is 10.3 Å². The third-order valence-corrected chi connectivity index (χ3v) is 6.74. The number of fused-ring (bicyclic) bond motifs is 3. The number of hydrogen-bond acceptors (Lipinski definition) is 4. The van der Waals surface area contributed by atoms with Gasteiger partial charge in [0.05, 0.1) is 25.5 Å². The maximum Gasteiger partial charge on any atom is 0.278 e. The molecule has 2 aromatic heterocycles. The zero-order valence-corrected chi connectivity index (χ0v) is 21.8. The van der Waals surface area contributed by atoms with Crippen LogP contribution in [-0.2, 0) is 17.9 Å². The maximum absolute atomic E-state index is 13.8. The van der Waals surface area contributed by atoms with Crippen LogP contribution in [0.25, 0.3) is 21.9 Å². The highest BCUT2D eigenvalue weighted by Gasteiger charge is 2.19. The van der Waals surface area contributed by atoms with Gasteiger partial charge in [0.2, 0.25) is 5.91 Å². The molecule has 0 fully saturated rings. The van der Waals surface area contributed by atoms with Crippen LogP contribution in [0.15, 0.2) is 65.7 Å². The van der Waals surface area contributed by atoms with Gasteiger partial charge in [-0.25, -0.2) is 4.98 Å². The van der Waals surface area contributed by atoms with Crippen molar-refractivity contribution in [3.05, 3.63) is 99.1 Å². The summed E-state index contributed by atoms with van der Waals surface area (Å²) in [6.45, 7) is 8.37. The number of hydrogen-bond donors (Lipinski definition) is 1. The summed E-state index contributed by atoms with van der Waals surface area (Å²) in [4.78, 5) is 31.7. The lowest BCUT2D eigenvalue weighted by Crippen LogP contribution is -2.26. The van der Waals surface area contributed by atoms with Crippen molar-refractivity contribution in [1.29, 1.82) is 0 Å². The number of nitrogens with one attached hydrogen (secondary N) is 1. The molecule has 0 aliphatic carbocycles. The summed E-state index contributed by atoms with van der Waals surface area (Å²) in [5.41, 5.74) is 7.62. The number of nitrogens with zero attached hydrogens (tertiary/aromatic N) is 3. The van der Waals surface area contributed by atoms with Gasteiger partial charge in [-0.15, -0.1) is 0 Å². The fourth-order valence-corrected chi connectivity index (χ4v) is 5.02. The van der Waals surface area contributed by atoms with E-state index in [1.54, 1.807) is 22.6 Å². The highest BCUT2D eigenvalue weighted by molar-refractivity contribution is 6.07. The van der Waals surface area contributed by atoms with Gasteiger partial charge in [-0.2, -0.15) is 0 Å². The zero-order valence-electron chi connectivity index (χ0n) is 21.8. The summed E-state index contributed by atoms with van der Waals surface area (Å²) in [7, 11) is 1.62. The molecule has 3 aromatic carbocycles. The first kappa shape index (κ1) is 24.3. The number of carbonyl (C=O) groups excluding carboxylic acids is 1. The van der Waals surface area contributed by atoms with Crippen LogP contribution in [-0.4, -0.2) is 27.1 Å². The molecule has 7 nitrogen and oxygen atoms in total. The lowest BCUT2D eigenvalue weighted by atomic mass is 10.1. The minimum Gasteiger partial charge on any atom is -0.497 e. The van der Waals surface area contributed by atoms with Crippen LogP contribution < -0.4 is 15.6 Å². The smallest absolute Gasteiger partial charge is 0.278 e. The average molecular weight is 495 g/mol. The number of ether oxygens (including phenoxy) is 1. The lowest BCUT2D eigenvalue weighted by molar-refractivity contribution is -0.116. The average Bonchev–Trinajstić information content (AvgIpc) is 3.16. The van der Waals surface area contributed by atoms with Gasteiger partial charge in [0, 0.05) is 11.1 Å². The van der Waals surface area contributed by atoms with Gasteiger partial charge in [0.1, 0.15) is 23.3 Å². The summed E-state index contributed by atoms with van der Waals surface area (Å²) in [6, 6.07) is 17.6. The van der Waals surface area contributed by atoms with Gasteiger partial charge in [0.25, 0.3) is 5.56 Å². The molecule has 5 rings (SSSR count). The number of rotatable bonds is 6. The Morgan fingerprint density at radius 1 is 0.946 bits per heavy atom. The molecule has 2 heterocycles. The van der Waals surface area contributed by atoms with Crippen molar-refractivity contribution < 1.29 is 9.53 Å². The number of aromatic nitrogens is 3. The van der Waals surface area contributed by atoms with E-state index in [0.29, 0.717) is 17.6 Å². The van der Waals surface area contributed by atoms with E-state index < -0.39 is 0 Å². The van der Waals surface area contributed by atoms with Gasteiger partial charge in [-0.1, -0.05) is 41.5 Å².